The molecule has 1 fully saturated rings. The average molecular weight is 419 g/mol. The Bertz CT molecular complexity index is 1030. The molecule has 3 aromatic rings. The highest BCUT2D eigenvalue weighted by atomic mass is 32.1. The molecular formula is C19H22FN5O3S. The second-order valence-corrected chi connectivity index (χ2v) is 7.83. The van der Waals surface area contributed by atoms with Crippen molar-refractivity contribution in [2.45, 2.75) is 19.9 Å². The van der Waals surface area contributed by atoms with Crippen molar-refractivity contribution in [3.63, 3.8) is 0 Å². The maximum Gasteiger partial charge on any atom is 0.409 e. The third-order valence-corrected chi connectivity index (χ3v) is 6.00. The van der Waals surface area contributed by atoms with E-state index in [9.17, 15) is 14.3 Å². The van der Waals surface area contributed by atoms with Gasteiger partial charge in [0.05, 0.1) is 17.5 Å². The largest absolute Gasteiger partial charge is 0.492 e. The molecule has 1 atom stereocenters. The van der Waals surface area contributed by atoms with Gasteiger partial charge in [0.2, 0.25) is 10.8 Å². The summed E-state index contributed by atoms with van der Waals surface area (Å²) in [6, 6.07) is 5.99. The van der Waals surface area contributed by atoms with Crippen molar-refractivity contribution in [2.24, 2.45) is 0 Å². The van der Waals surface area contributed by atoms with Crippen LogP contribution >= 0.6 is 11.3 Å². The summed E-state index contributed by atoms with van der Waals surface area (Å²) >= 11 is 1.33. The number of amides is 1. The first-order valence-electron chi connectivity index (χ1n) is 9.44. The van der Waals surface area contributed by atoms with Crippen LogP contribution in [-0.4, -0.2) is 68.4 Å². The number of aryl methyl sites for hydroxylation is 1. The Labute approximate surface area is 171 Å². The summed E-state index contributed by atoms with van der Waals surface area (Å²) in [5, 5.41) is 15.0. The van der Waals surface area contributed by atoms with Crippen LogP contribution in [0.25, 0.3) is 4.96 Å². The average Bonchev–Trinajstić information content (AvgIpc) is 3.20. The number of aromatic nitrogens is 3. The van der Waals surface area contributed by atoms with Gasteiger partial charge in [-0.05, 0) is 31.5 Å². The first kappa shape index (κ1) is 19.6. The predicted molar refractivity (Wildman–Crippen MR) is 106 cm³/mol. The highest BCUT2D eigenvalue weighted by Gasteiger charge is 2.33. The van der Waals surface area contributed by atoms with Gasteiger partial charge in [-0.1, -0.05) is 23.5 Å². The Kier molecular flexibility index (Phi) is 5.37. The molecule has 1 N–H and O–H groups in total. The minimum Gasteiger partial charge on any atom is -0.492 e. The van der Waals surface area contributed by atoms with Gasteiger partial charge in [0.1, 0.15) is 11.6 Å². The number of ether oxygens (including phenoxy) is 1. The Morgan fingerprint density at radius 3 is 2.76 bits per heavy atom. The molecule has 8 nitrogen and oxygen atoms in total. The molecule has 0 aliphatic carbocycles. The number of piperazine rings is 1. The Hall–Kier alpha value is -2.72. The molecule has 0 unspecified atom stereocenters. The number of fused-ring (bicyclic) bond motifs is 1. The zero-order valence-corrected chi connectivity index (χ0v) is 17.0. The number of carbonyl (C=O) groups excluding carboxylic acids is 1. The lowest BCUT2D eigenvalue weighted by molar-refractivity contribution is 0.0715. The summed E-state index contributed by atoms with van der Waals surface area (Å²) < 4.78 is 20.5. The van der Waals surface area contributed by atoms with Crippen LogP contribution in [0.1, 0.15) is 29.2 Å². The van der Waals surface area contributed by atoms with Gasteiger partial charge in [-0.15, -0.1) is 5.10 Å². The van der Waals surface area contributed by atoms with E-state index in [1.54, 1.807) is 24.8 Å². The molecule has 0 bridgehead atoms. The number of rotatable bonds is 4. The normalized spacial score (nSPS) is 16.3. The van der Waals surface area contributed by atoms with E-state index in [-0.39, 0.29) is 23.8 Å². The van der Waals surface area contributed by atoms with Crippen LogP contribution in [0.15, 0.2) is 24.3 Å². The minimum atomic E-state index is -0.371. The number of nitrogens with zero attached hydrogens (tertiary/aromatic N) is 5. The summed E-state index contributed by atoms with van der Waals surface area (Å²) in [6.07, 6.45) is -0.327. The molecule has 1 amide bonds. The summed E-state index contributed by atoms with van der Waals surface area (Å²) in [7, 11) is 0. The second-order valence-electron chi connectivity index (χ2n) is 6.82. The summed E-state index contributed by atoms with van der Waals surface area (Å²) in [4.78, 5) is 21.4. The molecule has 29 heavy (non-hydrogen) atoms. The van der Waals surface area contributed by atoms with Crippen molar-refractivity contribution in [3.05, 3.63) is 46.3 Å². The van der Waals surface area contributed by atoms with Crippen molar-refractivity contribution in [3.8, 4) is 5.88 Å². The van der Waals surface area contributed by atoms with Gasteiger partial charge >= 0.3 is 6.09 Å². The molecule has 1 aliphatic rings. The standard InChI is InChI=1S/C19H22FN5O3S/c1-3-28-19(27)24-9-7-23(8-10-24)15(13-5-4-6-14(20)11-13)16-17(26)25-18(29-16)21-12(2)22-25/h4-6,11,15,26H,3,7-10H2,1-2H3/t15-/m1/s1. The molecule has 1 saturated heterocycles. The maximum atomic E-state index is 14.0. The molecule has 3 heterocycles. The van der Waals surface area contributed by atoms with E-state index in [1.165, 1.54) is 28.0 Å². The lowest BCUT2D eigenvalue weighted by atomic mass is 10.0. The topological polar surface area (TPSA) is 83.2 Å². The van der Waals surface area contributed by atoms with Gasteiger partial charge < -0.3 is 14.7 Å². The van der Waals surface area contributed by atoms with Gasteiger partial charge in [0, 0.05) is 26.2 Å². The molecule has 0 saturated carbocycles. The van der Waals surface area contributed by atoms with E-state index < -0.39 is 0 Å². The lowest BCUT2D eigenvalue weighted by Gasteiger charge is -2.38. The maximum absolute atomic E-state index is 14.0. The summed E-state index contributed by atoms with van der Waals surface area (Å²) in [6.45, 7) is 5.98. The van der Waals surface area contributed by atoms with E-state index in [1.807, 2.05) is 6.07 Å². The van der Waals surface area contributed by atoms with Crippen LogP contribution in [0.3, 0.4) is 0 Å². The van der Waals surface area contributed by atoms with Crippen LogP contribution in [-0.2, 0) is 4.74 Å². The van der Waals surface area contributed by atoms with Gasteiger partial charge in [0.25, 0.3) is 0 Å². The van der Waals surface area contributed by atoms with Gasteiger partial charge in [-0.2, -0.15) is 4.52 Å². The first-order chi connectivity index (χ1) is 14.0. The predicted octanol–water partition coefficient (Wildman–Crippen LogP) is 2.81. The summed E-state index contributed by atoms with van der Waals surface area (Å²) in [5.41, 5.74) is 0.728. The van der Waals surface area contributed by atoms with Crippen LogP contribution in [0, 0.1) is 12.7 Å². The number of thiazole rings is 1. The van der Waals surface area contributed by atoms with Crippen molar-refractivity contribution in [2.75, 3.05) is 32.8 Å². The first-order valence-corrected chi connectivity index (χ1v) is 10.3. The highest BCUT2D eigenvalue weighted by molar-refractivity contribution is 7.17. The minimum absolute atomic E-state index is 0.00711. The number of hydrogen-bond acceptors (Lipinski definition) is 7. The molecule has 1 aromatic carbocycles. The van der Waals surface area contributed by atoms with Gasteiger partial charge in [-0.3, -0.25) is 4.90 Å². The van der Waals surface area contributed by atoms with Crippen LogP contribution in [0.2, 0.25) is 0 Å². The quantitative estimate of drug-likeness (QED) is 0.700. The van der Waals surface area contributed by atoms with Crippen molar-refractivity contribution >= 4 is 22.4 Å². The fraction of sp³-hybridized carbons (Fsp3) is 0.421. The smallest absolute Gasteiger partial charge is 0.409 e. The zero-order chi connectivity index (χ0) is 20.5. The van der Waals surface area contributed by atoms with Crippen molar-refractivity contribution in [1.82, 2.24) is 24.4 Å². The number of carbonyl (C=O) groups is 1. The molecule has 154 valence electrons. The second kappa shape index (κ2) is 7.96. The number of aromatic hydroxyl groups is 1. The Morgan fingerprint density at radius 1 is 1.34 bits per heavy atom. The van der Waals surface area contributed by atoms with Crippen LogP contribution < -0.4 is 0 Å². The fourth-order valence-corrected chi connectivity index (χ4v) is 4.77. The van der Waals surface area contributed by atoms with E-state index in [2.05, 4.69) is 15.0 Å². The highest BCUT2D eigenvalue weighted by Crippen LogP contribution is 2.40. The Morgan fingerprint density at radius 2 is 2.10 bits per heavy atom. The monoisotopic (exact) mass is 419 g/mol. The number of halogens is 1. The van der Waals surface area contributed by atoms with Crippen molar-refractivity contribution in [1.29, 1.82) is 0 Å². The van der Waals surface area contributed by atoms with E-state index in [0.717, 1.165) is 5.56 Å². The van der Waals surface area contributed by atoms with E-state index in [0.29, 0.717) is 48.4 Å². The molecule has 2 aromatic heterocycles. The molecule has 0 radical (unpaired) electrons. The van der Waals surface area contributed by atoms with E-state index >= 15 is 0 Å². The zero-order valence-electron chi connectivity index (χ0n) is 16.2. The Balaban J connectivity index is 1.67. The molecular weight excluding hydrogens is 397 g/mol. The third-order valence-electron chi connectivity index (χ3n) is 4.92. The van der Waals surface area contributed by atoms with Crippen molar-refractivity contribution < 1.29 is 19.0 Å². The number of benzene rings is 1. The molecule has 1 aliphatic heterocycles. The molecule has 10 heteroatoms. The molecule has 0 spiro atoms. The van der Waals surface area contributed by atoms with E-state index in [4.69, 9.17) is 4.74 Å². The van der Waals surface area contributed by atoms with Crippen LogP contribution in [0.5, 0.6) is 5.88 Å². The third kappa shape index (κ3) is 3.77. The number of hydrogen-bond donors (Lipinski definition) is 1. The summed E-state index contributed by atoms with van der Waals surface area (Å²) in [5.74, 6) is 0.239. The van der Waals surface area contributed by atoms with Crippen LogP contribution in [0.4, 0.5) is 9.18 Å². The van der Waals surface area contributed by atoms with Gasteiger partial charge in [-0.25, -0.2) is 14.2 Å². The SMILES string of the molecule is CCOC(=O)N1CCN([C@H](c2cccc(F)c2)c2sc3nc(C)nn3c2O)CC1. The lowest BCUT2D eigenvalue weighted by Crippen LogP contribution is -2.49. The molecule has 4 rings (SSSR count). The fourth-order valence-electron chi connectivity index (χ4n) is 3.61. The van der Waals surface area contributed by atoms with Gasteiger partial charge in [0.15, 0.2) is 0 Å².